The van der Waals surface area contributed by atoms with Gasteiger partial charge >= 0.3 is 11.8 Å². The highest BCUT2D eigenvalue weighted by molar-refractivity contribution is 8.17. The molecule has 0 atom stereocenters. The minimum atomic E-state index is -4.00. The van der Waals surface area contributed by atoms with E-state index in [9.17, 15) is 22.8 Å². The number of nitrogens with zero attached hydrogens (tertiary/aromatic N) is 5. The first-order chi connectivity index (χ1) is 20.8. The van der Waals surface area contributed by atoms with Gasteiger partial charge in [-0.2, -0.15) is 13.5 Å². The molecule has 1 saturated heterocycles. The van der Waals surface area contributed by atoms with Crippen molar-refractivity contribution in [2.24, 2.45) is 10.1 Å². The van der Waals surface area contributed by atoms with Crippen molar-refractivity contribution in [2.45, 2.75) is 77.7 Å². The molecule has 4 heterocycles. The van der Waals surface area contributed by atoms with Gasteiger partial charge in [-0.25, -0.2) is 9.36 Å². The fraction of sp³-hybridized carbons (Fsp3) is 0.467. The van der Waals surface area contributed by atoms with Gasteiger partial charge in [0, 0.05) is 25.8 Å². The highest BCUT2D eigenvalue weighted by Crippen LogP contribution is 2.38. The second kappa shape index (κ2) is 14.4. The predicted octanol–water partition coefficient (Wildman–Crippen LogP) is 4.12. The number of unbranched alkanes of at least 4 members (excludes halogenated alkanes) is 2. The Morgan fingerprint density at radius 1 is 1.14 bits per heavy atom. The molecular weight excluding hydrogens is 606 g/mol. The van der Waals surface area contributed by atoms with E-state index in [-0.39, 0.29) is 36.9 Å². The average Bonchev–Trinajstić information content (AvgIpc) is 3.55. The maximum atomic E-state index is 12.0. The number of aryl methyl sites for hydroxylation is 1. The Balaban J connectivity index is 1.29. The Morgan fingerprint density at radius 3 is 2.61 bits per heavy atom. The lowest BCUT2D eigenvalue weighted by atomic mass is 9.82. The van der Waals surface area contributed by atoms with Crippen LogP contribution >= 0.6 is 11.8 Å². The number of carbonyl (C=O) groups excluding carboxylic acids is 3. The van der Waals surface area contributed by atoms with Gasteiger partial charge in [-0.3, -0.25) is 19.2 Å². The van der Waals surface area contributed by atoms with Crippen LogP contribution in [0.25, 0.3) is 0 Å². The summed E-state index contributed by atoms with van der Waals surface area (Å²) in [4.78, 5) is 45.1. The van der Waals surface area contributed by atoms with Crippen LogP contribution in [0.2, 0.25) is 0 Å². The Hall–Kier alpha value is -3.62. The van der Waals surface area contributed by atoms with E-state index in [4.69, 9.17) is 14.4 Å². The maximum absolute atomic E-state index is 12.0. The lowest BCUT2D eigenvalue weighted by Crippen LogP contribution is -2.35. The quantitative estimate of drug-likeness (QED) is 0.104. The monoisotopic (exact) mass is 644 g/mol. The fourth-order valence-corrected chi connectivity index (χ4v) is 6.30. The summed E-state index contributed by atoms with van der Waals surface area (Å²) in [5, 5.41) is 8.47. The number of hydrazone groups is 1. The number of amides is 2. The minimum Gasteiger partial charge on any atom is -0.330 e. The number of carbonyl (C=O) groups is 3. The molecule has 0 unspecified atom stereocenters. The van der Waals surface area contributed by atoms with Gasteiger partial charge in [-0.1, -0.05) is 30.0 Å². The Bertz CT molecular complexity index is 1540. The van der Waals surface area contributed by atoms with Crippen LogP contribution in [0, 0.1) is 0 Å². The number of thioether (sulfide) groups is 1. The van der Waals surface area contributed by atoms with Crippen LogP contribution < -0.4 is 4.57 Å². The number of allylic oxidation sites excluding steroid dienone is 5. The third kappa shape index (κ3) is 8.73. The lowest BCUT2D eigenvalue weighted by Gasteiger charge is -2.16. The number of hydrogen-bond donors (Lipinski definition) is 1. The van der Waals surface area contributed by atoms with Crippen molar-refractivity contribution in [3.63, 3.8) is 0 Å². The number of fused-ring (bicyclic) bond motifs is 1. The van der Waals surface area contributed by atoms with Crippen molar-refractivity contribution in [1.82, 2.24) is 10.1 Å². The third-order valence-electron chi connectivity index (χ3n) is 7.32. The number of hydroxylamine groups is 2. The zero-order chi connectivity index (χ0) is 31.9. The molecule has 0 radical (unpaired) electrons. The molecule has 2 amide bonds. The molecular formula is C30H38N5O7S2+. The Labute approximate surface area is 261 Å². The molecule has 1 N–H and O–H groups in total. The molecule has 44 heavy (non-hydrogen) atoms. The van der Waals surface area contributed by atoms with E-state index in [1.165, 1.54) is 11.8 Å². The molecule has 0 spiro atoms. The summed E-state index contributed by atoms with van der Waals surface area (Å²) in [6, 6.07) is 4.10. The summed E-state index contributed by atoms with van der Waals surface area (Å²) in [5.74, 6) is -0.925. The summed E-state index contributed by atoms with van der Waals surface area (Å²) in [7, 11) is -4.00. The standard InChI is InChI=1S/C30H37N5O7S2/c1-22-32-34(20-11-21-44(39,40)41)27(43-22)14-7-4-6-13-24-30(2,3)23-12-10-19-33(29(23)31-24)18-9-5-8-15-28(38)42-35-25(36)16-17-26(35)37/h4,6-7,10,12-14,19H,5,8-9,11,15-18,20-21H2,1-3H3/p+1. The molecule has 0 saturated carbocycles. The average molecular weight is 645 g/mol. The second-order valence-corrected chi connectivity index (χ2v) is 13.9. The van der Waals surface area contributed by atoms with E-state index in [1.807, 2.05) is 49.6 Å². The van der Waals surface area contributed by atoms with E-state index in [0.717, 1.165) is 46.6 Å². The number of aromatic nitrogens is 1. The normalized spacial score (nSPS) is 19.0. The molecule has 1 aromatic rings. The molecule has 0 aliphatic carbocycles. The van der Waals surface area contributed by atoms with E-state index in [2.05, 4.69) is 29.6 Å². The molecule has 12 nitrogen and oxygen atoms in total. The first kappa shape index (κ1) is 33.3. The van der Waals surface area contributed by atoms with Crippen LogP contribution in [-0.2, 0) is 41.3 Å². The molecule has 0 aromatic carbocycles. The SMILES string of the molecule is CC1=NN(CCCS(=O)(=O)O)C(=CC=CC=CC2=Nc3c(ccc[n+]3CCCCCC(=O)ON3C(=O)CCC3=O)C2(C)C)S1. The summed E-state index contributed by atoms with van der Waals surface area (Å²) in [6.07, 6.45) is 14.4. The van der Waals surface area contributed by atoms with Crippen LogP contribution in [0.1, 0.15) is 71.3 Å². The molecule has 3 aliphatic heterocycles. The highest BCUT2D eigenvalue weighted by Gasteiger charge is 2.41. The third-order valence-corrected chi connectivity index (χ3v) is 9.05. The van der Waals surface area contributed by atoms with Crippen molar-refractivity contribution in [3.05, 3.63) is 59.3 Å². The van der Waals surface area contributed by atoms with Gasteiger partial charge in [-0.05, 0) is 75.7 Å². The predicted molar refractivity (Wildman–Crippen MR) is 167 cm³/mol. The van der Waals surface area contributed by atoms with Crippen LogP contribution in [0.15, 0.2) is 63.8 Å². The number of rotatable bonds is 14. The Kier molecular flexibility index (Phi) is 10.9. The molecule has 236 valence electrons. The van der Waals surface area contributed by atoms with Gasteiger partial charge in [0.2, 0.25) is 0 Å². The zero-order valence-corrected chi connectivity index (χ0v) is 26.8. The van der Waals surface area contributed by atoms with Gasteiger partial charge in [0.1, 0.15) is 0 Å². The largest absolute Gasteiger partial charge is 0.333 e. The summed E-state index contributed by atoms with van der Waals surface area (Å²) < 4.78 is 33.1. The van der Waals surface area contributed by atoms with Gasteiger partial charge < -0.3 is 4.84 Å². The highest BCUT2D eigenvalue weighted by atomic mass is 32.2. The van der Waals surface area contributed by atoms with Crippen molar-refractivity contribution in [3.8, 4) is 0 Å². The number of pyridine rings is 1. The fourth-order valence-electron chi connectivity index (χ4n) is 4.98. The number of hydrogen-bond acceptors (Lipinski definition) is 10. The maximum Gasteiger partial charge on any atom is 0.333 e. The summed E-state index contributed by atoms with van der Waals surface area (Å²) in [5.41, 5.74) is 1.77. The van der Waals surface area contributed by atoms with E-state index >= 15 is 0 Å². The van der Waals surface area contributed by atoms with Crippen LogP contribution in [0.5, 0.6) is 0 Å². The van der Waals surface area contributed by atoms with E-state index in [0.29, 0.717) is 18.0 Å². The molecule has 4 rings (SSSR count). The van der Waals surface area contributed by atoms with E-state index < -0.39 is 27.9 Å². The zero-order valence-electron chi connectivity index (χ0n) is 25.1. The van der Waals surface area contributed by atoms with Crippen molar-refractivity contribution >= 4 is 56.2 Å². The van der Waals surface area contributed by atoms with Crippen LogP contribution in [0.3, 0.4) is 0 Å². The smallest absolute Gasteiger partial charge is 0.330 e. The Morgan fingerprint density at radius 2 is 1.89 bits per heavy atom. The molecule has 1 fully saturated rings. The first-order valence-corrected chi connectivity index (χ1v) is 17.0. The molecule has 0 bridgehead atoms. The van der Waals surface area contributed by atoms with Crippen LogP contribution in [-0.4, -0.2) is 63.9 Å². The summed E-state index contributed by atoms with van der Waals surface area (Å²) in [6.45, 7) is 7.28. The summed E-state index contributed by atoms with van der Waals surface area (Å²) >= 11 is 1.50. The lowest BCUT2D eigenvalue weighted by molar-refractivity contribution is -0.684. The second-order valence-electron chi connectivity index (χ2n) is 11.1. The van der Waals surface area contributed by atoms with Gasteiger partial charge in [0.05, 0.1) is 39.5 Å². The van der Waals surface area contributed by atoms with E-state index in [1.54, 1.807) is 5.01 Å². The minimum absolute atomic E-state index is 0.0793. The molecule has 3 aliphatic rings. The van der Waals surface area contributed by atoms with Crippen molar-refractivity contribution in [1.29, 1.82) is 0 Å². The topological polar surface area (TPSA) is 150 Å². The number of imide groups is 1. The van der Waals surface area contributed by atoms with Crippen molar-refractivity contribution in [2.75, 3.05) is 12.3 Å². The first-order valence-electron chi connectivity index (χ1n) is 14.5. The van der Waals surface area contributed by atoms with Gasteiger partial charge in [0.15, 0.2) is 5.71 Å². The number of aliphatic imine (C=N–C) groups is 1. The van der Waals surface area contributed by atoms with Gasteiger partial charge in [-0.15, -0.1) is 5.06 Å². The molecule has 1 aromatic heterocycles. The van der Waals surface area contributed by atoms with Crippen molar-refractivity contribution < 1.29 is 36.8 Å². The van der Waals surface area contributed by atoms with Gasteiger partial charge in [0.25, 0.3) is 21.9 Å². The molecule has 14 heteroatoms. The van der Waals surface area contributed by atoms with Crippen LogP contribution in [0.4, 0.5) is 5.82 Å².